The summed E-state index contributed by atoms with van der Waals surface area (Å²) in [6.45, 7) is 9.39. The van der Waals surface area contributed by atoms with Gasteiger partial charge in [-0.3, -0.25) is 9.69 Å². The Kier molecular flexibility index (Phi) is 7.25. The molecule has 0 spiro atoms. The zero-order valence-electron chi connectivity index (χ0n) is 15.4. The molecule has 0 aliphatic carbocycles. The second-order valence-corrected chi connectivity index (χ2v) is 6.45. The molecule has 1 aromatic rings. The van der Waals surface area contributed by atoms with Crippen LogP contribution < -0.4 is 5.32 Å². The average molecular weight is 347 g/mol. The largest absolute Gasteiger partial charge is 0.450 e. The number of hydrogen-bond donors (Lipinski definition) is 1. The van der Waals surface area contributed by atoms with Gasteiger partial charge >= 0.3 is 6.09 Å². The van der Waals surface area contributed by atoms with Crippen molar-refractivity contribution in [1.82, 2.24) is 15.1 Å². The number of rotatable bonds is 6. The van der Waals surface area contributed by atoms with Crippen LogP contribution in [0.2, 0.25) is 0 Å². The van der Waals surface area contributed by atoms with Crippen molar-refractivity contribution >= 4 is 12.0 Å². The third kappa shape index (κ3) is 5.46. The molecule has 1 heterocycles. The fourth-order valence-electron chi connectivity index (χ4n) is 2.97. The quantitative estimate of drug-likeness (QED) is 0.856. The van der Waals surface area contributed by atoms with E-state index in [9.17, 15) is 9.59 Å². The van der Waals surface area contributed by atoms with Crippen LogP contribution in [-0.2, 0) is 9.53 Å². The van der Waals surface area contributed by atoms with E-state index in [0.717, 1.165) is 0 Å². The van der Waals surface area contributed by atoms with E-state index in [0.29, 0.717) is 39.3 Å². The molecule has 2 amide bonds. The number of carbonyl (C=O) groups is 2. The molecule has 1 aliphatic rings. The van der Waals surface area contributed by atoms with E-state index < -0.39 is 0 Å². The molecule has 0 bridgehead atoms. The number of piperazine rings is 1. The summed E-state index contributed by atoms with van der Waals surface area (Å²) in [7, 11) is 0. The van der Waals surface area contributed by atoms with Crippen molar-refractivity contribution in [3.63, 3.8) is 0 Å². The van der Waals surface area contributed by atoms with Gasteiger partial charge in [-0.1, -0.05) is 37.3 Å². The smallest absolute Gasteiger partial charge is 0.409 e. The van der Waals surface area contributed by atoms with E-state index in [1.165, 1.54) is 5.56 Å². The average Bonchev–Trinajstić information content (AvgIpc) is 2.66. The first-order chi connectivity index (χ1) is 12.0. The number of carbonyl (C=O) groups excluding carboxylic acids is 2. The molecule has 1 saturated heterocycles. The highest BCUT2D eigenvalue weighted by molar-refractivity contribution is 5.81. The summed E-state index contributed by atoms with van der Waals surface area (Å²) in [5.41, 5.74) is 1.22. The normalized spacial score (nSPS) is 17.6. The zero-order valence-corrected chi connectivity index (χ0v) is 15.4. The Morgan fingerprint density at radius 2 is 1.76 bits per heavy atom. The summed E-state index contributed by atoms with van der Waals surface area (Å²) in [4.78, 5) is 28.0. The standard InChI is InChI=1S/C19H29N3O3/c1-4-25-19(24)22-12-10-21(11-13-22)16(3)18(23)20-14-15(2)17-8-6-5-7-9-17/h5-9,15-16H,4,10-14H2,1-3H3,(H,20,23). The summed E-state index contributed by atoms with van der Waals surface area (Å²) in [6, 6.07) is 9.97. The highest BCUT2D eigenvalue weighted by Crippen LogP contribution is 2.13. The van der Waals surface area contributed by atoms with Crippen LogP contribution in [0.15, 0.2) is 30.3 Å². The topological polar surface area (TPSA) is 61.9 Å². The van der Waals surface area contributed by atoms with Gasteiger partial charge < -0.3 is 15.0 Å². The van der Waals surface area contributed by atoms with Gasteiger partial charge in [0.05, 0.1) is 12.6 Å². The number of ether oxygens (including phenoxy) is 1. The SMILES string of the molecule is CCOC(=O)N1CCN(C(C)C(=O)NCC(C)c2ccccc2)CC1. The minimum absolute atomic E-state index is 0.0346. The van der Waals surface area contributed by atoms with Crippen LogP contribution in [0.25, 0.3) is 0 Å². The maximum Gasteiger partial charge on any atom is 0.409 e. The van der Waals surface area contributed by atoms with Crippen LogP contribution in [0, 0.1) is 0 Å². The van der Waals surface area contributed by atoms with Gasteiger partial charge in [0.1, 0.15) is 0 Å². The molecule has 6 nitrogen and oxygen atoms in total. The lowest BCUT2D eigenvalue weighted by molar-refractivity contribution is -0.126. The van der Waals surface area contributed by atoms with Gasteiger partial charge in [0.25, 0.3) is 0 Å². The molecule has 1 fully saturated rings. The molecule has 0 radical (unpaired) electrons. The van der Waals surface area contributed by atoms with Gasteiger partial charge in [-0.2, -0.15) is 0 Å². The fraction of sp³-hybridized carbons (Fsp3) is 0.579. The van der Waals surface area contributed by atoms with Crippen LogP contribution in [0.4, 0.5) is 4.79 Å². The molecule has 6 heteroatoms. The monoisotopic (exact) mass is 347 g/mol. The van der Waals surface area contributed by atoms with Gasteiger partial charge in [0.2, 0.25) is 5.91 Å². The Bertz CT molecular complexity index is 556. The third-order valence-electron chi connectivity index (χ3n) is 4.72. The van der Waals surface area contributed by atoms with E-state index in [1.54, 1.807) is 11.8 Å². The number of hydrogen-bond acceptors (Lipinski definition) is 4. The molecular weight excluding hydrogens is 318 g/mol. The van der Waals surface area contributed by atoms with Crippen LogP contribution in [0.1, 0.15) is 32.3 Å². The summed E-state index contributed by atoms with van der Waals surface area (Å²) in [5, 5.41) is 3.05. The minimum atomic E-state index is -0.268. The number of amides is 2. The molecule has 2 atom stereocenters. The molecule has 1 aromatic carbocycles. The Morgan fingerprint density at radius 3 is 2.36 bits per heavy atom. The predicted molar refractivity (Wildman–Crippen MR) is 97.5 cm³/mol. The second-order valence-electron chi connectivity index (χ2n) is 6.45. The third-order valence-corrected chi connectivity index (χ3v) is 4.72. The Morgan fingerprint density at radius 1 is 1.12 bits per heavy atom. The van der Waals surface area contributed by atoms with Gasteiger partial charge in [-0.25, -0.2) is 4.79 Å². The lowest BCUT2D eigenvalue weighted by Gasteiger charge is -2.36. The number of nitrogens with one attached hydrogen (secondary N) is 1. The van der Waals surface area contributed by atoms with Crippen molar-refractivity contribution in [1.29, 1.82) is 0 Å². The van der Waals surface area contributed by atoms with Crippen LogP contribution in [-0.4, -0.2) is 67.2 Å². The molecule has 0 aromatic heterocycles. The van der Waals surface area contributed by atoms with Crippen LogP contribution in [0.5, 0.6) is 0 Å². The first-order valence-corrected chi connectivity index (χ1v) is 9.01. The fourth-order valence-corrected chi connectivity index (χ4v) is 2.97. The molecule has 25 heavy (non-hydrogen) atoms. The van der Waals surface area contributed by atoms with Crippen molar-refractivity contribution in [2.24, 2.45) is 0 Å². The van der Waals surface area contributed by atoms with E-state index in [-0.39, 0.29) is 24.0 Å². The van der Waals surface area contributed by atoms with Crippen molar-refractivity contribution in [2.75, 3.05) is 39.3 Å². The molecule has 138 valence electrons. The number of nitrogens with zero attached hydrogens (tertiary/aromatic N) is 2. The predicted octanol–water partition coefficient (Wildman–Crippen LogP) is 2.07. The lowest BCUT2D eigenvalue weighted by atomic mass is 10.0. The van der Waals surface area contributed by atoms with Gasteiger partial charge in [0.15, 0.2) is 0 Å². The van der Waals surface area contributed by atoms with Crippen molar-refractivity contribution in [3.8, 4) is 0 Å². The van der Waals surface area contributed by atoms with E-state index in [4.69, 9.17) is 4.74 Å². The summed E-state index contributed by atoms with van der Waals surface area (Å²) < 4.78 is 5.02. The van der Waals surface area contributed by atoms with Gasteiger partial charge in [0, 0.05) is 32.7 Å². The molecule has 0 saturated carbocycles. The van der Waals surface area contributed by atoms with Gasteiger partial charge in [-0.05, 0) is 25.3 Å². The molecule has 1 N–H and O–H groups in total. The molecular formula is C19H29N3O3. The maximum absolute atomic E-state index is 12.4. The van der Waals surface area contributed by atoms with Gasteiger partial charge in [-0.15, -0.1) is 0 Å². The Balaban J connectivity index is 1.76. The minimum Gasteiger partial charge on any atom is -0.450 e. The highest BCUT2D eigenvalue weighted by Gasteiger charge is 2.28. The Hall–Kier alpha value is -2.08. The molecule has 1 aliphatic heterocycles. The Labute approximate surface area is 150 Å². The maximum atomic E-state index is 12.4. The first-order valence-electron chi connectivity index (χ1n) is 9.01. The van der Waals surface area contributed by atoms with E-state index >= 15 is 0 Å². The highest BCUT2D eigenvalue weighted by atomic mass is 16.6. The van der Waals surface area contributed by atoms with E-state index in [1.807, 2.05) is 25.1 Å². The summed E-state index contributed by atoms with van der Waals surface area (Å²) in [6.07, 6.45) is -0.268. The van der Waals surface area contributed by atoms with Crippen molar-refractivity contribution in [3.05, 3.63) is 35.9 Å². The van der Waals surface area contributed by atoms with Crippen molar-refractivity contribution in [2.45, 2.75) is 32.7 Å². The summed E-state index contributed by atoms with van der Waals surface area (Å²) in [5.74, 6) is 0.311. The molecule has 2 rings (SSSR count). The first kappa shape index (κ1) is 19.2. The zero-order chi connectivity index (χ0) is 18.2. The second kappa shape index (κ2) is 9.42. The van der Waals surface area contributed by atoms with Crippen LogP contribution in [0.3, 0.4) is 0 Å². The number of benzene rings is 1. The van der Waals surface area contributed by atoms with Crippen LogP contribution >= 0.6 is 0 Å². The van der Waals surface area contributed by atoms with Crippen molar-refractivity contribution < 1.29 is 14.3 Å². The summed E-state index contributed by atoms with van der Waals surface area (Å²) >= 11 is 0. The van der Waals surface area contributed by atoms with E-state index in [2.05, 4.69) is 29.3 Å². The molecule has 2 unspecified atom stereocenters. The lowest BCUT2D eigenvalue weighted by Crippen LogP contribution is -2.55.